The van der Waals surface area contributed by atoms with Crippen LogP contribution in [-0.2, 0) is 9.53 Å². The number of pyridine rings is 1. The standard InChI is InChI=1S/C15H12N2O2.C5H10O2/c16-11-2-5-12(6-3-11)19-13-4-1-10-8-17-9-15(18)14(10)7-13;1-3-5(2)7-4-6/h1-9,18H,16H2;4-5H,3H2,1-2H3. The van der Waals surface area contributed by atoms with E-state index in [1.807, 2.05) is 26.0 Å². The average molecular weight is 354 g/mol. The summed E-state index contributed by atoms with van der Waals surface area (Å²) in [4.78, 5) is 13.5. The molecule has 1 aromatic heterocycles. The molecule has 6 nitrogen and oxygen atoms in total. The number of benzene rings is 2. The van der Waals surface area contributed by atoms with Crippen molar-refractivity contribution in [1.82, 2.24) is 4.98 Å². The molecule has 26 heavy (non-hydrogen) atoms. The van der Waals surface area contributed by atoms with Gasteiger partial charge in [0.2, 0.25) is 0 Å². The highest BCUT2D eigenvalue weighted by Gasteiger charge is 2.03. The van der Waals surface area contributed by atoms with Gasteiger partial charge in [-0.2, -0.15) is 0 Å². The Bertz CT molecular complexity index is 850. The van der Waals surface area contributed by atoms with Gasteiger partial charge in [0.1, 0.15) is 17.2 Å². The van der Waals surface area contributed by atoms with E-state index in [0.29, 0.717) is 29.0 Å². The van der Waals surface area contributed by atoms with Crippen molar-refractivity contribution < 1.29 is 19.4 Å². The van der Waals surface area contributed by atoms with Gasteiger partial charge in [-0.25, -0.2) is 0 Å². The van der Waals surface area contributed by atoms with Crippen LogP contribution in [-0.4, -0.2) is 22.7 Å². The minimum Gasteiger partial charge on any atom is -0.506 e. The topological polar surface area (TPSA) is 94.7 Å². The number of hydrogen-bond acceptors (Lipinski definition) is 6. The van der Waals surface area contributed by atoms with Crippen LogP contribution >= 0.6 is 0 Å². The van der Waals surface area contributed by atoms with Crippen LogP contribution in [0.3, 0.4) is 0 Å². The molecule has 136 valence electrons. The first-order chi connectivity index (χ1) is 12.5. The third kappa shape index (κ3) is 5.37. The van der Waals surface area contributed by atoms with Gasteiger partial charge in [0, 0.05) is 22.7 Å². The van der Waals surface area contributed by atoms with Crippen LogP contribution in [0, 0.1) is 0 Å². The number of carbonyl (C=O) groups excluding carboxylic acids is 1. The fourth-order valence-corrected chi connectivity index (χ4v) is 2.05. The first kappa shape index (κ1) is 19.1. The number of fused-ring (bicyclic) bond motifs is 1. The van der Waals surface area contributed by atoms with E-state index in [1.165, 1.54) is 6.20 Å². The molecule has 0 saturated heterocycles. The predicted octanol–water partition coefficient (Wildman–Crippen LogP) is 4.27. The molecule has 6 heteroatoms. The first-order valence-corrected chi connectivity index (χ1v) is 8.22. The molecule has 1 unspecified atom stereocenters. The Kier molecular flexibility index (Phi) is 6.79. The Morgan fingerprint density at radius 1 is 1.15 bits per heavy atom. The Balaban J connectivity index is 0.000000298. The Morgan fingerprint density at radius 3 is 2.46 bits per heavy atom. The minimum absolute atomic E-state index is 0.0810. The highest BCUT2D eigenvalue weighted by Crippen LogP contribution is 2.29. The summed E-state index contributed by atoms with van der Waals surface area (Å²) in [5.74, 6) is 1.49. The van der Waals surface area contributed by atoms with E-state index < -0.39 is 0 Å². The zero-order valence-electron chi connectivity index (χ0n) is 14.8. The summed E-state index contributed by atoms with van der Waals surface area (Å²) in [6, 6.07) is 12.6. The lowest BCUT2D eigenvalue weighted by molar-refractivity contribution is -0.132. The van der Waals surface area contributed by atoms with Crippen molar-refractivity contribution in [2.45, 2.75) is 26.4 Å². The highest BCUT2D eigenvalue weighted by atomic mass is 16.5. The molecule has 0 fully saturated rings. The van der Waals surface area contributed by atoms with E-state index in [4.69, 9.17) is 10.5 Å². The van der Waals surface area contributed by atoms with Crippen LogP contribution in [0.15, 0.2) is 54.9 Å². The van der Waals surface area contributed by atoms with Gasteiger partial charge in [-0.1, -0.05) is 6.92 Å². The second-order valence-electron chi connectivity index (χ2n) is 5.66. The molecule has 3 N–H and O–H groups in total. The Labute approximate surface area is 152 Å². The summed E-state index contributed by atoms with van der Waals surface area (Å²) in [6.45, 7) is 4.30. The lowest BCUT2D eigenvalue weighted by atomic mass is 10.1. The van der Waals surface area contributed by atoms with Crippen molar-refractivity contribution >= 4 is 22.9 Å². The van der Waals surface area contributed by atoms with Crippen molar-refractivity contribution in [3.8, 4) is 17.2 Å². The zero-order valence-corrected chi connectivity index (χ0v) is 14.8. The largest absolute Gasteiger partial charge is 0.506 e. The molecule has 0 radical (unpaired) electrons. The number of rotatable bonds is 5. The third-order valence-electron chi connectivity index (χ3n) is 3.69. The summed E-state index contributed by atoms with van der Waals surface area (Å²) in [5.41, 5.74) is 6.31. The minimum atomic E-state index is 0.0810. The molecule has 0 aliphatic carbocycles. The predicted molar refractivity (Wildman–Crippen MR) is 101 cm³/mol. The fraction of sp³-hybridized carbons (Fsp3) is 0.200. The fourth-order valence-electron chi connectivity index (χ4n) is 2.05. The molecule has 2 aromatic carbocycles. The van der Waals surface area contributed by atoms with Crippen molar-refractivity contribution in [3.05, 3.63) is 54.9 Å². The lowest BCUT2D eigenvalue weighted by Gasteiger charge is -2.07. The van der Waals surface area contributed by atoms with Crippen LogP contribution in [0.2, 0.25) is 0 Å². The van der Waals surface area contributed by atoms with Gasteiger partial charge < -0.3 is 20.3 Å². The summed E-state index contributed by atoms with van der Waals surface area (Å²) in [6.07, 6.45) is 4.08. The second kappa shape index (κ2) is 9.27. The maximum atomic E-state index is 9.76. The average Bonchev–Trinajstić information content (AvgIpc) is 2.65. The number of nitrogen functional groups attached to an aromatic ring is 1. The van der Waals surface area contributed by atoms with Crippen LogP contribution in [0.5, 0.6) is 17.2 Å². The number of anilines is 1. The normalized spacial score (nSPS) is 11.2. The molecule has 0 aliphatic rings. The SMILES string of the molecule is CCC(C)OC=O.Nc1ccc(Oc2ccc3cncc(O)c3c2)cc1. The van der Waals surface area contributed by atoms with Crippen molar-refractivity contribution in [1.29, 1.82) is 0 Å². The van der Waals surface area contributed by atoms with Crippen molar-refractivity contribution in [2.24, 2.45) is 0 Å². The summed E-state index contributed by atoms with van der Waals surface area (Å²) >= 11 is 0. The third-order valence-corrected chi connectivity index (χ3v) is 3.69. The quantitative estimate of drug-likeness (QED) is 0.525. The number of hydrogen-bond donors (Lipinski definition) is 2. The number of aromatic hydroxyl groups is 1. The highest BCUT2D eigenvalue weighted by molar-refractivity contribution is 5.88. The van der Waals surface area contributed by atoms with Gasteiger partial charge in [0.25, 0.3) is 6.47 Å². The van der Waals surface area contributed by atoms with Crippen LogP contribution in [0.4, 0.5) is 5.69 Å². The second-order valence-corrected chi connectivity index (χ2v) is 5.66. The Hall–Kier alpha value is -3.28. The van der Waals surface area contributed by atoms with E-state index >= 15 is 0 Å². The van der Waals surface area contributed by atoms with Crippen LogP contribution in [0.1, 0.15) is 20.3 Å². The number of nitrogens with two attached hydrogens (primary N) is 1. The maximum Gasteiger partial charge on any atom is 0.293 e. The van der Waals surface area contributed by atoms with E-state index in [2.05, 4.69) is 9.72 Å². The van der Waals surface area contributed by atoms with Gasteiger partial charge in [-0.15, -0.1) is 0 Å². The molecule has 1 atom stereocenters. The summed E-state index contributed by atoms with van der Waals surface area (Å²) < 4.78 is 10.2. The van der Waals surface area contributed by atoms with Gasteiger partial charge in [-0.05, 0) is 55.8 Å². The molecular weight excluding hydrogens is 332 g/mol. The Morgan fingerprint density at radius 2 is 1.85 bits per heavy atom. The van der Waals surface area contributed by atoms with E-state index in [0.717, 1.165) is 11.8 Å². The molecular formula is C20H22N2O4. The van der Waals surface area contributed by atoms with Gasteiger partial charge in [0.05, 0.1) is 12.3 Å². The molecule has 3 rings (SSSR count). The number of nitrogens with zero attached hydrogens (tertiary/aromatic N) is 1. The zero-order chi connectivity index (χ0) is 18.9. The van der Waals surface area contributed by atoms with Gasteiger partial charge in [0.15, 0.2) is 0 Å². The van der Waals surface area contributed by atoms with E-state index in [-0.39, 0.29) is 11.9 Å². The maximum absolute atomic E-state index is 9.76. The molecule has 0 spiro atoms. The van der Waals surface area contributed by atoms with E-state index in [1.54, 1.807) is 36.5 Å². The van der Waals surface area contributed by atoms with Gasteiger partial charge >= 0.3 is 0 Å². The first-order valence-electron chi connectivity index (χ1n) is 8.22. The molecule has 0 amide bonds. The van der Waals surface area contributed by atoms with Crippen molar-refractivity contribution in [3.63, 3.8) is 0 Å². The molecule has 0 bridgehead atoms. The summed E-state index contributed by atoms with van der Waals surface area (Å²) in [7, 11) is 0. The summed E-state index contributed by atoms with van der Waals surface area (Å²) in [5, 5.41) is 11.3. The van der Waals surface area contributed by atoms with E-state index in [9.17, 15) is 9.90 Å². The number of ether oxygens (including phenoxy) is 2. The monoisotopic (exact) mass is 354 g/mol. The molecule has 1 heterocycles. The van der Waals surface area contributed by atoms with Crippen molar-refractivity contribution in [2.75, 3.05) is 5.73 Å². The van der Waals surface area contributed by atoms with Crippen LogP contribution in [0.25, 0.3) is 10.8 Å². The smallest absolute Gasteiger partial charge is 0.293 e. The number of carbonyl (C=O) groups is 1. The molecule has 0 aliphatic heterocycles. The molecule has 3 aromatic rings. The van der Waals surface area contributed by atoms with Crippen LogP contribution < -0.4 is 10.5 Å². The number of aromatic nitrogens is 1. The lowest BCUT2D eigenvalue weighted by Crippen LogP contribution is -2.03. The molecule has 0 saturated carbocycles. The van der Waals surface area contributed by atoms with Gasteiger partial charge in [-0.3, -0.25) is 9.78 Å².